The second kappa shape index (κ2) is 7.89. The first-order valence-corrected chi connectivity index (χ1v) is 9.63. The minimum absolute atomic E-state index is 0.109. The molecule has 0 saturated carbocycles. The minimum Gasteiger partial charge on any atom is -0.300 e. The van der Waals surface area contributed by atoms with Crippen molar-refractivity contribution in [3.8, 4) is 0 Å². The van der Waals surface area contributed by atoms with Gasteiger partial charge in [-0.2, -0.15) is 0 Å². The maximum Gasteiger partial charge on any atom is 0.136 e. The van der Waals surface area contributed by atoms with Gasteiger partial charge >= 0.3 is 0 Å². The molecule has 0 radical (unpaired) electrons. The Balaban J connectivity index is 1.74. The summed E-state index contributed by atoms with van der Waals surface area (Å²) in [5.74, 6) is 0.346. The Kier molecular flexibility index (Phi) is 5.17. The molecule has 1 heterocycles. The predicted octanol–water partition coefficient (Wildman–Crippen LogP) is 5.64. The van der Waals surface area contributed by atoms with Crippen molar-refractivity contribution >= 4 is 5.78 Å². The summed E-state index contributed by atoms with van der Waals surface area (Å²) >= 11 is 0. The van der Waals surface area contributed by atoms with E-state index in [0.717, 1.165) is 6.54 Å². The Hall–Kier alpha value is -2.71. The third-order valence-electron chi connectivity index (χ3n) is 5.50. The molecule has 0 unspecified atom stereocenters. The van der Waals surface area contributed by atoms with E-state index in [2.05, 4.69) is 90.7 Å². The van der Waals surface area contributed by atoms with E-state index in [1.807, 2.05) is 6.07 Å². The molecule has 3 aromatic rings. The van der Waals surface area contributed by atoms with Crippen LogP contribution in [0.1, 0.15) is 47.2 Å². The van der Waals surface area contributed by atoms with Crippen molar-refractivity contribution in [2.75, 3.05) is 0 Å². The van der Waals surface area contributed by atoms with Crippen LogP contribution >= 0.6 is 0 Å². The largest absolute Gasteiger partial charge is 0.300 e. The fourth-order valence-corrected chi connectivity index (χ4v) is 4.06. The van der Waals surface area contributed by atoms with E-state index in [1.54, 1.807) is 0 Å². The van der Waals surface area contributed by atoms with Crippen LogP contribution in [0.25, 0.3) is 0 Å². The van der Waals surface area contributed by atoms with E-state index in [1.165, 1.54) is 22.3 Å². The topological polar surface area (TPSA) is 20.3 Å². The standard InChI is InChI=1S/C25H25NO/c1-19-12-14-22(15-13-19)25-17-23(27)16-24(21-10-6-3-7-11-21)26(25)18-20-8-4-2-5-9-20/h2-15,24-25H,16-18H2,1H3/t24-,25-/m1/s1. The molecule has 2 nitrogen and oxygen atoms in total. The number of hydrogen-bond acceptors (Lipinski definition) is 2. The molecule has 0 bridgehead atoms. The molecule has 136 valence electrons. The van der Waals surface area contributed by atoms with Gasteiger partial charge in [0.05, 0.1) is 0 Å². The zero-order valence-corrected chi connectivity index (χ0v) is 15.7. The number of piperidine rings is 1. The van der Waals surface area contributed by atoms with Crippen LogP contribution in [-0.4, -0.2) is 10.7 Å². The van der Waals surface area contributed by atoms with Crippen molar-refractivity contribution in [1.82, 2.24) is 4.90 Å². The summed E-state index contributed by atoms with van der Waals surface area (Å²) in [4.78, 5) is 15.2. The quantitative estimate of drug-likeness (QED) is 0.603. The van der Waals surface area contributed by atoms with Crippen LogP contribution in [0.3, 0.4) is 0 Å². The fourth-order valence-electron chi connectivity index (χ4n) is 4.06. The summed E-state index contributed by atoms with van der Waals surface area (Å²) in [7, 11) is 0. The smallest absolute Gasteiger partial charge is 0.136 e. The highest BCUT2D eigenvalue weighted by atomic mass is 16.1. The van der Waals surface area contributed by atoms with Gasteiger partial charge in [0.2, 0.25) is 0 Å². The van der Waals surface area contributed by atoms with Gasteiger partial charge in [0.15, 0.2) is 0 Å². The second-order valence-electron chi connectivity index (χ2n) is 7.46. The van der Waals surface area contributed by atoms with E-state index in [9.17, 15) is 4.79 Å². The number of carbonyl (C=O) groups is 1. The summed E-state index contributed by atoms with van der Waals surface area (Å²) in [6.07, 6.45) is 1.17. The zero-order valence-electron chi connectivity index (χ0n) is 15.7. The van der Waals surface area contributed by atoms with Gasteiger partial charge in [-0.25, -0.2) is 0 Å². The second-order valence-corrected chi connectivity index (χ2v) is 7.46. The molecule has 0 N–H and O–H groups in total. The number of rotatable bonds is 4. The Morgan fingerprint density at radius 2 is 1.26 bits per heavy atom. The van der Waals surface area contributed by atoms with Crippen molar-refractivity contribution in [2.45, 2.75) is 38.4 Å². The maximum absolute atomic E-state index is 12.7. The number of nitrogens with zero attached hydrogens (tertiary/aromatic N) is 1. The number of ketones is 1. The molecule has 2 heteroatoms. The van der Waals surface area contributed by atoms with Gasteiger partial charge in [-0.1, -0.05) is 90.5 Å². The molecule has 1 aliphatic rings. The highest BCUT2D eigenvalue weighted by Gasteiger charge is 2.36. The number of aryl methyl sites for hydroxylation is 1. The Bertz CT molecular complexity index is 887. The normalized spacial score (nSPS) is 20.6. The highest BCUT2D eigenvalue weighted by Crippen LogP contribution is 2.41. The zero-order chi connectivity index (χ0) is 18.6. The average Bonchev–Trinajstić information content (AvgIpc) is 2.71. The number of Topliss-reactive ketones (excluding diaryl/α,β-unsaturated/α-hetero) is 1. The summed E-state index contributed by atoms with van der Waals surface area (Å²) in [6.45, 7) is 2.94. The number of likely N-dealkylation sites (tertiary alicyclic amines) is 1. The van der Waals surface area contributed by atoms with Gasteiger partial charge in [0, 0.05) is 31.5 Å². The van der Waals surface area contributed by atoms with Crippen LogP contribution in [0.4, 0.5) is 0 Å². The molecule has 0 aliphatic carbocycles. The highest BCUT2D eigenvalue weighted by molar-refractivity contribution is 5.81. The molecular formula is C25H25NO. The van der Waals surface area contributed by atoms with Crippen molar-refractivity contribution < 1.29 is 4.79 Å². The van der Waals surface area contributed by atoms with Crippen molar-refractivity contribution in [3.63, 3.8) is 0 Å². The van der Waals surface area contributed by atoms with Crippen LogP contribution in [0.2, 0.25) is 0 Å². The van der Waals surface area contributed by atoms with Crippen molar-refractivity contribution in [2.24, 2.45) is 0 Å². The van der Waals surface area contributed by atoms with Crippen molar-refractivity contribution in [1.29, 1.82) is 0 Å². The number of carbonyl (C=O) groups excluding carboxylic acids is 1. The molecule has 0 amide bonds. The number of hydrogen-bond donors (Lipinski definition) is 0. The molecule has 2 atom stereocenters. The van der Waals surface area contributed by atoms with Crippen LogP contribution in [0, 0.1) is 6.92 Å². The Morgan fingerprint density at radius 3 is 1.85 bits per heavy atom. The maximum atomic E-state index is 12.7. The van der Waals surface area contributed by atoms with E-state index in [4.69, 9.17) is 0 Å². The molecule has 1 aliphatic heterocycles. The minimum atomic E-state index is 0.109. The monoisotopic (exact) mass is 355 g/mol. The molecular weight excluding hydrogens is 330 g/mol. The lowest BCUT2D eigenvalue weighted by Crippen LogP contribution is -2.39. The van der Waals surface area contributed by atoms with E-state index < -0.39 is 0 Å². The average molecular weight is 355 g/mol. The molecule has 1 saturated heterocycles. The summed E-state index contributed by atoms with van der Waals surface area (Å²) in [5.41, 5.74) is 4.98. The third-order valence-corrected chi connectivity index (χ3v) is 5.50. The fraction of sp³-hybridized carbons (Fsp3) is 0.240. The Labute approximate surface area is 161 Å². The first kappa shape index (κ1) is 17.7. The lowest BCUT2D eigenvalue weighted by Gasteiger charge is -2.42. The van der Waals surface area contributed by atoms with Gasteiger partial charge in [-0.05, 0) is 23.6 Å². The molecule has 0 aromatic heterocycles. The van der Waals surface area contributed by atoms with Gasteiger partial charge in [-0.3, -0.25) is 9.69 Å². The van der Waals surface area contributed by atoms with Gasteiger partial charge in [0.1, 0.15) is 5.78 Å². The van der Waals surface area contributed by atoms with Gasteiger partial charge in [0.25, 0.3) is 0 Å². The predicted molar refractivity (Wildman–Crippen MR) is 109 cm³/mol. The summed E-state index contributed by atoms with van der Waals surface area (Å²) in [6, 6.07) is 29.9. The lowest BCUT2D eigenvalue weighted by atomic mass is 9.86. The molecule has 0 spiro atoms. The van der Waals surface area contributed by atoms with E-state index >= 15 is 0 Å². The van der Waals surface area contributed by atoms with Crippen LogP contribution in [-0.2, 0) is 11.3 Å². The van der Waals surface area contributed by atoms with Gasteiger partial charge < -0.3 is 0 Å². The first-order chi connectivity index (χ1) is 13.2. The van der Waals surface area contributed by atoms with Crippen LogP contribution < -0.4 is 0 Å². The molecule has 1 fully saturated rings. The molecule has 4 rings (SSSR count). The molecule has 27 heavy (non-hydrogen) atoms. The summed E-state index contributed by atoms with van der Waals surface area (Å²) < 4.78 is 0. The van der Waals surface area contributed by atoms with Crippen molar-refractivity contribution in [3.05, 3.63) is 107 Å². The lowest BCUT2D eigenvalue weighted by molar-refractivity contribution is -0.126. The SMILES string of the molecule is Cc1ccc([C@H]2CC(=O)C[C@H](c3ccccc3)N2Cc2ccccc2)cc1. The van der Waals surface area contributed by atoms with Crippen LogP contribution in [0.5, 0.6) is 0 Å². The van der Waals surface area contributed by atoms with Gasteiger partial charge in [-0.15, -0.1) is 0 Å². The van der Waals surface area contributed by atoms with E-state index in [-0.39, 0.29) is 12.1 Å². The Morgan fingerprint density at radius 1 is 0.741 bits per heavy atom. The number of benzene rings is 3. The van der Waals surface area contributed by atoms with Crippen LogP contribution in [0.15, 0.2) is 84.9 Å². The first-order valence-electron chi connectivity index (χ1n) is 9.63. The summed E-state index contributed by atoms with van der Waals surface area (Å²) in [5, 5.41) is 0. The third kappa shape index (κ3) is 4.01. The van der Waals surface area contributed by atoms with E-state index in [0.29, 0.717) is 18.6 Å². The molecule has 3 aromatic carbocycles.